The number of hydrogen-bond donors (Lipinski definition) is 2. The van der Waals surface area contributed by atoms with Gasteiger partial charge >= 0.3 is 0 Å². The Morgan fingerprint density at radius 2 is 2.13 bits per heavy atom. The molecule has 1 aromatic rings. The van der Waals surface area contributed by atoms with Crippen LogP contribution in [-0.2, 0) is 4.79 Å². The standard InChI is InChI=1S/C9H13N3O2S/c1-5-11-6(4-15-5)7(13)12-9(2,3)8(10)14/h4H,1-3H3,(H2,10,14)(H,12,13). The number of aryl methyl sites for hydroxylation is 1. The van der Waals surface area contributed by atoms with E-state index >= 15 is 0 Å². The van der Waals surface area contributed by atoms with Crippen LogP contribution >= 0.6 is 11.3 Å². The highest BCUT2D eigenvalue weighted by Crippen LogP contribution is 2.09. The molecule has 0 saturated carbocycles. The molecule has 0 aliphatic carbocycles. The minimum atomic E-state index is -1.06. The van der Waals surface area contributed by atoms with Crippen molar-refractivity contribution in [3.63, 3.8) is 0 Å². The average molecular weight is 227 g/mol. The van der Waals surface area contributed by atoms with E-state index in [-0.39, 0.29) is 5.91 Å². The van der Waals surface area contributed by atoms with Crippen molar-refractivity contribution in [2.75, 3.05) is 0 Å². The van der Waals surface area contributed by atoms with E-state index in [0.717, 1.165) is 5.01 Å². The number of nitrogens with zero attached hydrogens (tertiary/aromatic N) is 1. The Labute approximate surface area is 91.7 Å². The summed E-state index contributed by atoms with van der Waals surface area (Å²) in [6.45, 7) is 4.90. The van der Waals surface area contributed by atoms with Crippen molar-refractivity contribution in [1.82, 2.24) is 10.3 Å². The van der Waals surface area contributed by atoms with E-state index in [0.29, 0.717) is 5.69 Å². The van der Waals surface area contributed by atoms with Gasteiger partial charge in [-0.25, -0.2) is 4.98 Å². The van der Waals surface area contributed by atoms with Crippen LogP contribution in [0.25, 0.3) is 0 Å². The maximum absolute atomic E-state index is 11.6. The van der Waals surface area contributed by atoms with Crippen molar-refractivity contribution >= 4 is 23.2 Å². The van der Waals surface area contributed by atoms with Gasteiger partial charge in [0.15, 0.2) is 0 Å². The molecule has 2 amide bonds. The maximum Gasteiger partial charge on any atom is 0.271 e. The number of primary amides is 1. The highest BCUT2D eigenvalue weighted by molar-refractivity contribution is 7.09. The van der Waals surface area contributed by atoms with Gasteiger partial charge in [-0.05, 0) is 20.8 Å². The van der Waals surface area contributed by atoms with Gasteiger partial charge in [-0.1, -0.05) is 0 Å². The van der Waals surface area contributed by atoms with Gasteiger partial charge in [0.1, 0.15) is 11.2 Å². The van der Waals surface area contributed by atoms with Crippen LogP contribution in [0.1, 0.15) is 29.3 Å². The van der Waals surface area contributed by atoms with Gasteiger partial charge < -0.3 is 11.1 Å². The molecule has 0 unspecified atom stereocenters. The van der Waals surface area contributed by atoms with Gasteiger partial charge in [-0.2, -0.15) is 0 Å². The fourth-order valence-electron chi connectivity index (χ4n) is 0.877. The molecule has 0 bridgehead atoms. The van der Waals surface area contributed by atoms with E-state index in [4.69, 9.17) is 5.73 Å². The van der Waals surface area contributed by atoms with Gasteiger partial charge in [0.2, 0.25) is 5.91 Å². The molecule has 1 heterocycles. The molecular formula is C9H13N3O2S. The zero-order valence-electron chi connectivity index (χ0n) is 8.83. The second-order valence-electron chi connectivity index (χ2n) is 3.70. The monoisotopic (exact) mass is 227 g/mol. The Kier molecular flexibility index (Phi) is 3.09. The summed E-state index contributed by atoms with van der Waals surface area (Å²) in [7, 11) is 0. The summed E-state index contributed by atoms with van der Waals surface area (Å²) in [5, 5.41) is 4.96. The summed E-state index contributed by atoms with van der Waals surface area (Å²) in [4.78, 5) is 26.6. The molecule has 82 valence electrons. The Morgan fingerprint density at radius 1 is 1.53 bits per heavy atom. The van der Waals surface area contributed by atoms with Crippen LogP contribution in [0.5, 0.6) is 0 Å². The minimum Gasteiger partial charge on any atom is -0.368 e. The second kappa shape index (κ2) is 3.98. The molecule has 0 radical (unpaired) electrons. The molecule has 1 aromatic heterocycles. The van der Waals surface area contributed by atoms with Crippen LogP contribution in [0.2, 0.25) is 0 Å². The summed E-state index contributed by atoms with van der Waals surface area (Å²) in [5.74, 6) is -0.967. The topological polar surface area (TPSA) is 85.1 Å². The zero-order valence-corrected chi connectivity index (χ0v) is 9.64. The fraction of sp³-hybridized carbons (Fsp3) is 0.444. The largest absolute Gasteiger partial charge is 0.368 e. The van der Waals surface area contributed by atoms with E-state index in [2.05, 4.69) is 10.3 Å². The molecule has 3 N–H and O–H groups in total. The summed E-state index contributed by atoms with van der Waals surface area (Å²) in [6.07, 6.45) is 0. The number of hydrogen-bond acceptors (Lipinski definition) is 4. The van der Waals surface area contributed by atoms with Crippen LogP contribution < -0.4 is 11.1 Å². The molecule has 0 fully saturated rings. The Morgan fingerprint density at radius 3 is 2.53 bits per heavy atom. The van der Waals surface area contributed by atoms with Crippen molar-refractivity contribution in [3.8, 4) is 0 Å². The predicted octanol–water partition coefficient (Wildman–Crippen LogP) is 0.445. The molecule has 15 heavy (non-hydrogen) atoms. The first-order valence-corrected chi connectivity index (χ1v) is 5.25. The normalized spacial score (nSPS) is 11.1. The summed E-state index contributed by atoms with van der Waals surface area (Å²) < 4.78 is 0. The van der Waals surface area contributed by atoms with Crippen molar-refractivity contribution < 1.29 is 9.59 Å². The number of nitrogens with one attached hydrogen (secondary N) is 1. The SMILES string of the molecule is Cc1nc(C(=O)NC(C)(C)C(N)=O)cs1. The van der Waals surface area contributed by atoms with E-state index < -0.39 is 11.4 Å². The van der Waals surface area contributed by atoms with Crippen LogP contribution in [-0.4, -0.2) is 22.3 Å². The van der Waals surface area contributed by atoms with E-state index in [9.17, 15) is 9.59 Å². The summed E-state index contributed by atoms with van der Waals surface area (Å²) >= 11 is 1.38. The Balaban J connectivity index is 2.76. The predicted molar refractivity (Wildman–Crippen MR) is 57.6 cm³/mol. The third-order valence-corrected chi connectivity index (χ3v) is 2.67. The Hall–Kier alpha value is -1.43. The first-order valence-electron chi connectivity index (χ1n) is 4.37. The second-order valence-corrected chi connectivity index (χ2v) is 4.76. The lowest BCUT2D eigenvalue weighted by atomic mass is 10.1. The van der Waals surface area contributed by atoms with Crippen LogP contribution in [0.15, 0.2) is 5.38 Å². The molecule has 0 saturated heterocycles. The maximum atomic E-state index is 11.6. The molecule has 0 aliphatic rings. The number of carbonyl (C=O) groups is 2. The lowest BCUT2D eigenvalue weighted by molar-refractivity contribution is -0.122. The van der Waals surface area contributed by atoms with Gasteiger partial charge in [-0.3, -0.25) is 9.59 Å². The van der Waals surface area contributed by atoms with Crippen LogP contribution in [0, 0.1) is 6.92 Å². The van der Waals surface area contributed by atoms with Crippen molar-refractivity contribution in [1.29, 1.82) is 0 Å². The first kappa shape index (κ1) is 11.6. The van der Waals surface area contributed by atoms with E-state index in [1.54, 1.807) is 26.2 Å². The fourth-order valence-corrected chi connectivity index (χ4v) is 1.47. The van der Waals surface area contributed by atoms with E-state index in [1.807, 2.05) is 0 Å². The summed E-state index contributed by atoms with van der Waals surface area (Å²) in [6, 6.07) is 0. The zero-order chi connectivity index (χ0) is 11.6. The van der Waals surface area contributed by atoms with Gasteiger partial charge in [-0.15, -0.1) is 11.3 Å². The molecule has 5 nitrogen and oxygen atoms in total. The molecule has 0 aromatic carbocycles. The average Bonchev–Trinajstić information content (AvgIpc) is 2.50. The Bertz CT molecular complexity index is 398. The third kappa shape index (κ3) is 2.76. The number of thiazole rings is 1. The highest BCUT2D eigenvalue weighted by Gasteiger charge is 2.27. The first-order chi connectivity index (χ1) is 6.83. The van der Waals surface area contributed by atoms with Crippen molar-refractivity contribution in [2.24, 2.45) is 5.73 Å². The molecule has 6 heteroatoms. The summed E-state index contributed by atoms with van der Waals surface area (Å²) in [5.41, 5.74) is 4.38. The third-order valence-electron chi connectivity index (χ3n) is 1.89. The van der Waals surface area contributed by atoms with Crippen molar-refractivity contribution in [2.45, 2.75) is 26.3 Å². The number of amides is 2. The molecular weight excluding hydrogens is 214 g/mol. The minimum absolute atomic E-state index is 0.312. The smallest absolute Gasteiger partial charge is 0.271 e. The molecule has 0 spiro atoms. The van der Waals surface area contributed by atoms with Gasteiger partial charge in [0, 0.05) is 5.38 Å². The lowest BCUT2D eigenvalue weighted by Crippen LogP contribution is -2.53. The number of nitrogens with two attached hydrogens (primary N) is 1. The molecule has 0 aliphatic heterocycles. The van der Waals surface area contributed by atoms with Crippen LogP contribution in [0.4, 0.5) is 0 Å². The van der Waals surface area contributed by atoms with Crippen molar-refractivity contribution in [3.05, 3.63) is 16.1 Å². The quantitative estimate of drug-likeness (QED) is 0.786. The molecule has 1 rings (SSSR count). The highest BCUT2D eigenvalue weighted by atomic mass is 32.1. The van der Waals surface area contributed by atoms with Gasteiger partial charge in [0.25, 0.3) is 5.91 Å². The number of aromatic nitrogens is 1. The number of carbonyl (C=O) groups excluding carboxylic acids is 2. The lowest BCUT2D eigenvalue weighted by Gasteiger charge is -2.21. The van der Waals surface area contributed by atoms with Crippen LogP contribution in [0.3, 0.4) is 0 Å². The molecule has 0 atom stereocenters. The number of rotatable bonds is 3. The van der Waals surface area contributed by atoms with E-state index in [1.165, 1.54) is 11.3 Å². The van der Waals surface area contributed by atoms with Gasteiger partial charge in [0.05, 0.1) is 5.01 Å².